The molecule has 30 heavy (non-hydrogen) atoms. The van der Waals surface area contributed by atoms with Gasteiger partial charge in [0.1, 0.15) is 5.82 Å². The molecule has 1 aliphatic rings. The number of hydrogen-bond donors (Lipinski definition) is 3. The average molecular weight is 415 g/mol. The van der Waals surface area contributed by atoms with Crippen molar-refractivity contribution in [3.8, 4) is 0 Å². The fourth-order valence-corrected chi connectivity index (χ4v) is 3.49. The smallest absolute Gasteiger partial charge is 0.227 e. The summed E-state index contributed by atoms with van der Waals surface area (Å²) in [4.78, 5) is 13.9. The van der Waals surface area contributed by atoms with Gasteiger partial charge < -0.3 is 25.8 Å². The van der Waals surface area contributed by atoms with E-state index in [4.69, 9.17) is 15.2 Å². The van der Waals surface area contributed by atoms with Crippen molar-refractivity contribution < 1.29 is 9.47 Å². The Morgan fingerprint density at radius 2 is 1.60 bits per heavy atom. The zero-order valence-corrected chi connectivity index (χ0v) is 17.7. The van der Waals surface area contributed by atoms with Gasteiger partial charge >= 0.3 is 0 Å². The van der Waals surface area contributed by atoms with Gasteiger partial charge in [0.2, 0.25) is 11.9 Å². The van der Waals surface area contributed by atoms with E-state index in [0.717, 1.165) is 5.82 Å². The van der Waals surface area contributed by atoms with Crippen molar-refractivity contribution in [3.05, 3.63) is 41.7 Å². The molecule has 8 nitrogen and oxygen atoms in total. The number of nitrogens with two attached hydrogens (primary N) is 1. The van der Waals surface area contributed by atoms with Gasteiger partial charge in [-0.3, -0.25) is 0 Å². The van der Waals surface area contributed by atoms with E-state index in [1.807, 2.05) is 18.2 Å². The van der Waals surface area contributed by atoms with Gasteiger partial charge in [0.05, 0.1) is 26.4 Å². The maximum absolute atomic E-state index is 5.56. The summed E-state index contributed by atoms with van der Waals surface area (Å²) in [7, 11) is 0. The average Bonchev–Trinajstić information content (AvgIpc) is 2.77. The van der Waals surface area contributed by atoms with Crippen LogP contribution in [0.5, 0.6) is 0 Å². The molecule has 1 aliphatic carbocycles. The molecule has 0 aliphatic heterocycles. The van der Waals surface area contributed by atoms with E-state index >= 15 is 0 Å². The van der Waals surface area contributed by atoms with Crippen LogP contribution in [0, 0.1) is 0 Å². The van der Waals surface area contributed by atoms with Gasteiger partial charge in [-0.05, 0) is 18.4 Å². The fraction of sp³-hybridized carbons (Fsp3) is 0.591. The number of anilines is 2. The molecule has 1 saturated carbocycles. The molecule has 164 valence electrons. The number of aromatic nitrogens is 3. The van der Waals surface area contributed by atoms with Gasteiger partial charge in [-0.25, -0.2) is 0 Å². The molecular weight excluding hydrogens is 380 g/mol. The third-order valence-electron chi connectivity index (χ3n) is 4.99. The summed E-state index contributed by atoms with van der Waals surface area (Å²) in [6, 6.07) is 10.7. The first-order valence-electron chi connectivity index (χ1n) is 11.0. The van der Waals surface area contributed by atoms with Crippen LogP contribution in [-0.2, 0) is 15.9 Å². The van der Waals surface area contributed by atoms with Crippen LogP contribution in [0.25, 0.3) is 0 Å². The van der Waals surface area contributed by atoms with Gasteiger partial charge in [0.15, 0.2) is 0 Å². The van der Waals surface area contributed by atoms with Crippen LogP contribution in [0.2, 0.25) is 0 Å². The summed E-state index contributed by atoms with van der Waals surface area (Å²) in [6.45, 7) is 3.37. The first kappa shape index (κ1) is 22.4. The molecular formula is C22H34N6O2. The molecule has 1 aromatic heterocycles. The van der Waals surface area contributed by atoms with Crippen LogP contribution in [0.1, 0.15) is 43.5 Å². The van der Waals surface area contributed by atoms with Gasteiger partial charge in [0, 0.05) is 25.6 Å². The highest BCUT2D eigenvalue weighted by Crippen LogP contribution is 2.21. The van der Waals surface area contributed by atoms with Crippen LogP contribution >= 0.6 is 0 Å². The molecule has 4 N–H and O–H groups in total. The zero-order valence-electron chi connectivity index (χ0n) is 17.7. The number of ether oxygens (including phenoxy) is 2. The minimum absolute atomic E-state index is 0.440. The van der Waals surface area contributed by atoms with Crippen LogP contribution in [0.4, 0.5) is 11.9 Å². The number of rotatable bonds is 13. The molecule has 1 aromatic carbocycles. The first-order chi connectivity index (χ1) is 14.8. The van der Waals surface area contributed by atoms with Gasteiger partial charge in [0.25, 0.3) is 0 Å². The van der Waals surface area contributed by atoms with Crippen LogP contribution in [0.3, 0.4) is 0 Å². The molecule has 2 aromatic rings. The summed E-state index contributed by atoms with van der Waals surface area (Å²) >= 11 is 0. The largest absolute Gasteiger partial charge is 0.378 e. The number of benzene rings is 1. The number of nitrogens with one attached hydrogen (secondary N) is 2. The Balaban J connectivity index is 1.56. The van der Waals surface area contributed by atoms with Gasteiger partial charge in [-0.2, -0.15) is 15.0 Å². The predicted octanol–water partition coefficient (Wildman–Crippen LogP) is 2.61. The van der Waals surface area contributed by atoms with Crippen molar-refractivity contribution in [2.75, 3.05) is 50.2 Å². The highest BCUT2D eigenvalue weighted by atomic mass is 16.5. The van der Waals surface area contributed by atoms with Crippen molar-refractivity contribution >= 4 is 11.9 Å². The lowest BCUT2D eigenvalue weighted by molar-refractivity contribution is 0.0547. The van der Waals surface area contributed by atoms with Crippen molar-refractivity contribution in [3.63, 3.8) is 0 Å². The third kappa shape index (κ3) is 8.22. The van der Waals surface area contributed by atoms with Gasteiger partial charge in [-0.15, -0.1) is 0 Å². The molecule has 3 rings (SSSR count). The van der Waals surface area contributed by atoms with Crippen LogP contribution in [0.15, 0.2) is 30.3 Å². The van der Waals surface area contributed by atoms with E-state index in [9.17, 15) is 0 Å². The van der Waals surface area contributed by atoms with Crippen molar-refractivity contribution in [2.45, 2.75) is 44.6 Å². The molecule has 0 saturated heterocycles. The first-order valence-corrected chi connectivity index (χ1v) is 11.0. The molecule has 0 amide bonds. The van der Waals surface area contributed by atoms with E-state index in [2.05, 4.69) is 37.7 Å². The highest BCUT2D eigenvalue weighted by Gasteiger charge is 2.15. The van der Waals surface area contributed by atoms with E-state index < -0.39 is 0 Å². The lowest BCUT2D eigenvalue weighted by Gasteiger charge is -2.23. The third-order valence-corrected chi connectivity index (χ3v) is 4.99. The Kier molecular flexibility index (Phi) is 9.78. The minimum atomic E-state index is 0.440. The Bertz CT molecular complexity index is 725. The predicted molar refractivity (Wildman–Crippen MR) is 119 cm³/mol. The Morgan fingerprint density at radius 3 is 2.37 bits per heavy atom. The van der Waals surface area contributed by atoms with Gasteiger partial charge in [-0.1, -0.05) is 49.6 Å². The molecule has 0 atom stereocenters. The van der Waals surface area contributed by atoms with Crippen molar-refractivity contribution in [2.24, 2.45) is 5.73 Å². The summed E-state index contributed by atoms with van der Waals surface area (Å²) in [5.41, 5.74) is 6.57. The Labute approximate surface area is 179 Å². The second-order valence-corrected chi connectivity index (χ2v) is 7.48. The van der Waals surface area contributed by atoms with E-state index in [1.54, 1.807) is 0 Å². The molecule has 0 spiro atoms. The summed E-state index contributed by atoms with van der Waals surface area (Å²) in [5.74, 6) is 1.99. The minimum Gasteiger partial charge on any atom is -0.378 e. The lowest BCUT2D eigenvalue weighted by atomic mass is 9.96. The second kappa shape index (κ2) is 13.1. The fourth-order valence-electron chi connectivity index (χ4n) is 3.49. The maximum Gasteiger partial charge on any atom is 0.227 e. The zero-order chi connectivity index (χ0) is 20.9. The normalized spacial score (nSPS) is 14.6. The molecule has 1 fully saturated rings. The highest BCUT2D eigenvalue weighted by molar-refractivity contribution is 5.36. The standard InChI is InChI=1S/C22H34N6O2/c23-11-13-29-15-16-30-14-12-24-21-26-20(17-18-7-3-1-4-8-18)27-22(28-21)25-19-9-5-2-6-10-19/h1,3-4,7-8,19H,2,5-6,9-17,23H2,(H2,24,25,26,27,28). The number of nitrogens with zero attached hydrogens (tertiary/aromatic N) is 3. The second-order valence-electron chi connectivity index (χ2n) is 7.48. The Morgan fingerprint density at radius 1 is 0.867 bits per heavy atom. The molecule has 0 bridgehead atoms. The van der Waals surface area contributed by atoms with Crippen LogP contribution in [-0.4, -0.2) is 60.5 Å². The molecule has 0 radical (unpaired) electrons. The molecule has 1 heterocycles. The lowest BCUT2D eigenvalue weighted by Crippen LogP contribution is -2.24. The summed E-state index contributed by atoms with van der Waals surface area (Å²) in [6.07, 6.45) is 6.85. The Hall–Kier alpha value is -2.29. The monoisotopic (exact) mass is 414 g/mol. The summed E-state index contributed by atoms with van der Waals surface area (Å²) < 4.78 is 10.9. The number of hydrogen-bond acceptors (Lipinski definition) is 8. The van der Waals surface area contributed by atoms with E-state index in [-0.39, 0.29) is 0 Å². The molecule has 8 heteroatoms. The van der Waals surface area contributed by atoms with E-state index in [1.165, 1.54) is 37.7 Å². The topological polar surface area (TPSA) is 107 Å². The van der Waals surface area contributed by atoms with Crippen molar-refractivity contribution in [1.82, 2.24) is 15.0 Å². The quantitative estimate of drug-likeness (QED) is 0.429. The SMILES string of the molecule is NCCOCCOCCNc1nc(Cc2ccccc2)nc(NC2CCCCC2)n1. The maximum atomic E-state index is 5.56. The van der Waals surface area contributed by atoms with Crippen LogP contribution < -0.4 is 16.4 Å². The van der Waals surface area contributed by atoms with Crippen molar-refractivity contribution in [1.29, 1.82) is 0 Å². The summed E-state index contributed by atoms with van der Waals surface area (Å²) in [5, 5.41) is 6.78. The van der Waals surface area contributed by atoms with E-state index in [0.29, 0.717) is 63.9 Å². The molecule has 0 unspecified atom stereocenters.